The monoisotopic (exact) mass is 372 g/mol. The molecule has 1 heterocycles. The first-order chi connectivity index (χ1) is 13.5. The maximum absolute atomic E-state index is 12.3. The van der Waals surface area contributed by atoms with Gasteiger partial charge in [0.2, 0.25) is 5.91 Å². The predicted molar refractivity (Wildman–Crippen MR) is 105 cm³/mol. The quantitative estimate of drug-likeness (QED) is 0.632. The molecule has 0 saturated carbocycles. The number of hydrogen-bond acceptors (Lipinski definition) is 6. The Morgan fingerprint density at radius 2 is 1.61 bits per heavy atom. The smallest absolute Gasteiger partial charge is 0.275 e. The maximum atomic E-state index is 12.3. The van der Waals surface area contributed by atoms with E-state index >= 15 is 0 Å². The van der Waals surface area contributed by atoms with Crippen LogP contribution in [0.5, 0.6) is 0 Å². The molecule has 0 aliphatic heterocycles. The van der Waals surface area contributed by atoms with Gasteiger partial charge >= 0.3 is 0 Å². The lowest BCUT2D eigenvalue weighted by molar-refractivity contribution is -0.114. The van der Waals surface area contributed by atoms with Crippen molar-refractivity contribution in [3.05, 3.63) is 72.2 Å². The highest BCUT2D eigenvalue weighted by Gasteiger charge is 2.09. The summed E-state index contributed by atoms with van der Waals surface area (Å²) in [6, 6.07) is 15.8. The van der Waals surface area contributed by atoms with E-state index in [9.17, 15) is 9.59 Å². The zero-order valence-electron chi connectivity index (χ0n) is 14.9. The average Bonchev–Trinajstić information content (AvgIpc) is 2.70. The number of amides is 2. The van der Waals surface area contributed by atoms with Gasteiger partial charge in [0.25, 0.3) is 5.91 Å². The van der Waals surface area contributed by atoms with Gasteiger partial charge in [-0.05, 0) is 36.4 Å². The van der Waals surface area contributed by atoms with Crippen molar-refractivity contribution in [3.8, 4) is 6.07 Å². The molecular formula is C20H16N6O2. The summed E-state index contributed by atoms with van der Waals surface area (Å²) in [7, 11) is 0. The van der Waals surface area contributed by atoms with Crippen LogP contribution in [0.4, 0.5) is 22.9 Å². The number of rotatable bonds is 5. The number of nitriles is 1. The van der Waals surface area contributed by atoms with E-state index < -0.39 is 5.91 Å². The third-order valence-electron chi connectivity index (χ3n) is 3.66. The van der Waals surface area contributed by atoms with Crippen LogP contribution in [-0.4, -0.2) is 21.8 Å². The van der Waals surface area contributed by atoms with E-state index in [1.54, 1.807) is 48.5 Å². The number of para-hydroxylation sites is 1. The van der Waals surface area contributed by atoms with Gasteiger partial charge in [-0.25, -0.2) is 9.97 Å². The summed E-state index contributed by atoms with van der Waals surface area (Å²) >= 11 is 0. The molecule has 0 atom stereocenters. The Kier molecular flexibility index (Phi) is 5.58. The fraction of sp³-hybridized carbons (Fsp3) is 0.0500. The summed E-state index contributed by atoms with van der Waals surface area (Å²) in [5.74, 6) is -0.166. The standard InChI is InChI=1S/C20H16N6O2/c1-13(27)24-15-6-8-16(9-7-15)25-20(28)18-11-23-19(12-22-18)26-17-5-3-2-4-14(17)10-21/h2-9,11-12H,1H3,(H,23,26)(H,24,27)(H,25,28). The minimum atomic E-state index is -0.413. The summed E-state index contributed by atoms with van der Waals surface area (Å²) in [4.78, 5) is 31.6. The fourth-order valence-corrected chi connectivity index (χ4v) is 2.37. The summed E-state index contributed by atoms with van der Waals surface area (Å²) in [5, 5.41) is 17.5. The Morgan fingerprint density at radius 1 is 0.929 bits per heavy atom. The summed E-state index contributed by atoms with van der Waals surface area (Å²) < 4.78 is 0. The molecular weight excluding hydrogens is 356 g/mol. The van der Waals surface area contributed by atoms with Gasteiger partial charge in [-0.1, -0.05) is 12.1 Å². The van der Waals surface area contributed by atoms with E-state index in [2.05, 4.69) is 32.0 Å². The van der Waals surface area contributed by atoms with Crippen LogP contribution in [0.3, 0.4) is 0 Å². The van der Waals surface area contributed by atoms with E-state index in [-0.39, 0.29) is 11.6 Å². The number of carbonyl (C=O) groups excluding carboxylic acids is 2. The first-order valence-corrected chi connectivity index (χ1v) is 8.32. The SMILES string of the molecule is CC(=O)Nc1ccc(NC(=O)c2cnc(Nc3ccccc3C#N)cn2)cc1. The molecule has 0 unspecified atom stereocenters. The Bertz CT molecular complexity index is 1040. The number of nitrogens with zero attached hydrogens (tertiary/aromatic N) is 3. The van der Waals surface area contributed by atoms with Gasteiger partial charge in [-0.2, -0.15) is 5.26 Å². The van der Waals surface area contributed by atoms with Gasteiger partial charge in [0.1, 0.15) is 17.6 Å². The zero-order valence-corrected chi connectivity index (χ0v) is 14.9. The van der Waals surface area contributed by atoms with Crippen molar-refractivity contribution >= 4 is 34.7 Å². The number of aromatic nitrogens is 2. The van der Waals surface area contributed by atoms with Crippen molar-refractivity contribution in [2.75, 3.05) is 16.0 Å². The molecule has 138 valence electrons. The van der Waals surface area contributed by atoms with Crippen molar-refractivity contribution in [2.45, 2.75) is 6.92 Å². The minimum Gasteiger partial charge on any atom is -0.338 e. The fourth-order valence-electron chi connectivity index (χ4n) is 2.37. The van der Waals surface area contributed by atoms with Gasteiger partial charge in [0.05, 0.1) is 23.6 Å². The van der Waals surface area contributed by atoms with Crippen LogP contribution in [0.25, 0.3) is 0 Å². The van der Waals surface area contributed by atoms with E-state index in [1.165, 1.54) is 19.3 Å². The molecule has 8 heteroatoms. The second-order valence-electron chi connectivity index (χ2n) is 5.78. The highest BCUT2D eigenvalue weighted by Crippen LogP contribution is 2.18. The maximum Gasteiger partial charge on any atom is 0.275 e. The first-order valence-electron chi connectivity index (χ1n) is 8.32. The molecule has 0 fully saturated rings. The third kappa shape index (κ3) is 4.68. The van der Waals surface area contributed by atoms with Gasteiger partial charge in [0.15, 0.2) is 0 Å². The third-order valence-corrected chi connectivity index (χ3v) is 3.66. The number of nitrogens with one attached hydrogen (secondary N) is 3. The molecule has 0 saturated heterocycles. The lowest BCUT2D eigenvalue weighted by Crippen LogP contribution is -2.14. The van der Waals surface area contributed by atoms with E-state index in [1.807, 2.05) is 0 Å². The molecule has 3 rings (SSSR count). The number of hydrogen-bond donors (Lipinski definition) is 3. The summed E-state index contributed by atoms with van der Waals surface area (Å²) in [5.41, 5.74) is 2.43. The Morgan fingerprint density at radius 3 is 2.21 bits per heavy atom. The van der Waals surface area contributed by atoms with Gasteiger partial charge in [0, 0.05) is 18.3 Å². The van der Waals surface area contributed by atoms with Crippen molar-refractivity contribution in [1.29, 1.82) is 5.26 Å². The van der Waals surface area contributed by atoms with Gasteiger partial charge in [-0.15, -0.1) is 0 Å². The van der Waals surface area contributed by atoms with Crippen LogP contribution < -0.4 is 16.0 Å². The molecule has 8 nitrogen and oxygen atoms in total. The van der Waals surface area contributed by atoms with Crippen LogP contribution in [0.2, 0.25) is 0 Å². The predicted octanol–water partition coefficient (Wildman–Crippen LogP) is 3.30. The van der Waals surface area contributed by atoms with Crippen molar-refractivity contribution < 1.29 is 9.59 Å². The van der Waals surface area contributed by atoms with Crippen molar-refractivity contribution in [2.24, 2.45) is 0 Å². The lowest BCUT2D eigenvalue weighted by Gasteiger charge is -2.08. The number of anilines is 4. The second kappa shape index (κ2) is 8.42. The van der Waals surface area contributed by atoms with Gasteiger partial charge in [-0.3, -0.25) is 9.59 Å². The topological polar surface area (TPSA) is 120 Å². The number of carbonyl (C=O) groups is 2. The first kappa shape index (κ1) is 18.5. The Balaban J connectivity index is 1.65. The molecule has 0 radical (unpaired) electrons. The summed E-state index contributed by atoms with van der Waals surface area (Å²) in [6.07, 6.45) is 2.77. The highest BCUT2D eigenvalue weighted by atomic mass is 16.2. The van der Waals surface area contributed by atoms with Crippen LogP contribution in [0, 0.1) is 11.3 Å². The van der Waals surface area contributed by atoms with E-state index in [0.29, 0.717) is 28.4 Å². The second-order valence-corrected chi connectivity index (χ2v) is 5.78. The van der Waals surface area contributed by atoms with Crippen LogP contribution in [-0.2, 0) is 4.79 Å². The molecule has 1 aromatic heterocycles. The molecule has 0 spiro atoms. The van der Waals surface area contributed by atoms with Crippen LogP contribution in [0.15, 0.2) is 60.9 Å². The van der Waals surface area contributed by atoms with E-state index in [4.69, 9.17) is 5.26 Å². The van der Waals surface area contributed by atoms with E-state index in [0.717, 1.165) is 0 Å². The molecule has 3 aromatic rings. The zero-order chi connectivity index (χ0) is 19.9. The highest BCUT2D eigenvalue weighted by molar-refractivity contribution is 6.02. The van der Waals surface area contributed by atoms with Crippen molar-refractivity contribution in [1.82, 2.24) is 9.97 Å². The minimum absolute atomic E-state index is 0.144. The average molecular weight is 372 g/mol. The normalized spacial score (nSPS) is 9.86. The lowest BCUT2D eigenvalue weighted by atomic mass is 10.2. The molecule has 3 N–H and O–H groups in total. The molecule has 0 aliphatic rings. The van der Waals surface area contributed by atoms with Crippen LogP contribution in [0.1, 0.15) is 23.0 Å². The Hall–Kier alpha value is -4.25. The molecule has 0 aliphatic carbocycles. The molecule has 28 heavy (non-hydrogen) atoms. The summed E-state index contributed by atoms with van der Waals surface area (Å²) in [6.45, 7) is 1.42. The molecule has 2 amide bonds. The van der Waals surface area contributed by atoms with Gasteiger partial charge < -0.3 is 16.0 Å². The largest absolute Gasteiger partial charge is 0.338 e. The van der Waals surface area contributed by atoms with Crippen LogP contribution >= 0.6 is 0 Å². The Labute approximate surface area is 161 Å². The van der Waals surface area contributed by atoms with Crippen molar-refractivity contribution in [3.63, 3.8) is 0 Å². The molecule has 2 aromatic carbocycles. The number of benzene rings is 2. The molecule has 0 bridgehead atoms.